The lowest BCUT2D eigenvalue weighted by Gasteiger charge is -2.21. The monoisotopic (exact) mass is 393 g/mol. The zero-order valence-electron chi connectivity index (χ0n) is 17.7. The lowest BCUT2D eigenvalue weighted by molar-refractivity contribution is -0.464. The van der Waals surface area contributed by atoms with E-state index in [1.165, 1.54) is 55.0 Å². The molecular weight excluding hydrogens is 361 g/mol. The number of aromatic amines is 1. The molecule has 0 amide bonds. The highest BCUT2D eigenvalue weighted by atomic mass is 19.1. The van der Waals surface area contributed by atoms with Crippen LogP contribution in [0.5, 0.6) is 0 Å². The van der Waals surface area contributed by atoms with Crippen LogP contribution in [0, 0.1) is 17.2 Å². The zero-order chi connectivity index (χ0) is 20.4. The van der Waals surface area contributed by atoms with Gasteiger partial charge in [-0.05, 0) is 47.9 Å². The maximum Gasteiger partial charge on any atom is 0.210 e. The SMILES string of the molecule is CCC(C)(C)CC1=C[NH2+]C([C@@H]2CCC[C@@H]2c2ccc(-c3ccc(F)c[nH+]3)cc2)=N1. The van der Waals surface area contributed by atoms with Gasteiger partial charge in [-0.1, -0.05) is 45.7 Å². The molecule has 1 aliphatic heterocycles. The molecule has 0 unspecified atom stereocenters. The number of halogens is 1. The number of quaternary nitrogens is 1. The number of H-pyrrole nitrogens is 1. The molecule has 0 spiro atoms. The lowest BCUT2D eigenvalue weighted by Crippen LogP contribution is -2.82. The van der Waals surface area contributed by atoms with Gasteiger partial charge in [0.2, 0.25) is 17.7 Å². The van der Waals surface area contributed by atoms with Crippen LogP contribution in [0.2, 0.25) is 0 Å². The molecule has 3 nitrogen and oxygen atoms in total. The van der Waals surface area contributed by atoms with Gasteiger partial charge in [0.1, 0.15) is 11.9 Å². The van der Waals surface area contributed by atoms with Crippen molar-refractivity contribution in [1.82, 2.24) is 0 Å². The smallest absolute Gasteiger partial charge is 0.210 e. The van der Waals surface area contributed by atoms with Gasteiger partial charge in [-0.15, -0.1) is 0 Å². The van der Waals surface area contributed by atoms with Gasteiger partial charge in [-0.3, -0.25) is 5.32 Å². The van der Waals surface area contributed by atoms with Crippen LogP contribution in [0.1, 0.15) is 64.4 Å². The first-order valence-corrected chi connectivity index (χ1v) is 10.9. The minimum atomic E-state index is -0.247. The summed E-state index contributed by atoms with van der Waals surface area (Å²) in [6.45, 7) is 6.89. The third-order valence-corrected chi connectivity index (χ3v) is 6.66. The molecular formula is C25H32FN3+2. The average molecular weight is 394 g/mol. The first-order valence-electron chi connectivity index (χ1n) is 10.9. The topological polar surface area (TPSA) is 43.1 Å². The summed E-state index contributed by atoms with van der Waals surface area (Å²) in [6, 6.07) is 12.0. The quantitative estimate of drug-likeness (QED) is 0.730. The van der Waals surface area contributed by atoms with Crippen LogP contribution in [0.3, 0.4) is 0 Å². The summed E-state index contributed by atoms with van der Waals surface area (Å²) in [4.78, 5) is 8.05. The van der Waals surface area contributed by atoms with Crippen molar-refractivity contribution in [3.63, 3.8) is 0 Å². The number of hydrogen-bond acceptors (Lipinski definition) is 1. The van der Waals surface area contributed by atoms with Crippen molar-refractivity contribution in [3.8, 4) is 11.3 Å². The molecule has 3 N–H and O–H groups in total. The van der Waals surface area contributed by atoms with Gasteiger partial charge in [-0.25, -0.2) is 9.37 Å². The van der Waals surface area contributed by atoms with E-state index in [1.54, 1.807) is 6.07 Å². The minimum absolute atomic E-state index is 0.247. The minimum Gasteiger partial charge on any atom is -0.273 e. The van der Waals surface area contributed by atoms with Crippen molar-refractivity contribution in [2.75, 3.05) is 0 Å². The van der Waals surface area contributed by atoms with Crippen LogP contribution >= 0.6 is 0 Å². The van der Waals surface area contributed by atoms with E-state index in [0.717, 1.165) is 17.7 Å². The van der Waals surface area contributed by atoms with E-state index in [4.69, 9.17) is 4.99 Å². The van der Waals surface area contributed by atoms with Crippen molar-refractivity contribution in [2.45, 2.75) is 58.8 Å². The number of aliphatic imine (C=N–C) groups is 1. The molecule has 29 heavy (non-hydrogen) atoms. The fourth-order valence-electron chi connectivity index (χ4n) is 4.55. The Morgan fingerprint density at radius 2 is 1.86 bits per heavy atom. The highest BCUT2D eigenvalue weighted by Gasteiger charge is 2.37. The Hall–Kier alpha value is -2.33. The number of nitrogens with zero attached hydrogens (tertiary/aromatic N) is 1. The molecule has 4 rings (SSSR count). The second-order valence-electron chi connectivity index (χ2n) is 9.24. The summed E-state index contributed by atoms with van der Waals surface area (Å²) in [5.74, 6) is 2.06. The Bertz CT molecular complexity index is 910. The third-order valence-electron chi connectivity index (χ3n) is 6.66. The fourth-order valence-corrected chi connectivity index (χ4v) is 4.55. The first-order chi connectivity index (χ1) is 13.9. The number of nitrogens with two attached hydrogens (primary N) is 1. The number of allylic oxidation sites excluding steroid dienone is 1. The average Bonchev–Trinajstić information content (AvgIpc) is 3.38. The van der Waals surface area contributed by atoms with E-state index in [9.17, 15) is 4.39 Å². The van der Waals surface area contributed by atoms with Crippen LogP contribution in [0.15, 0.2) is 59.5 Å². The van der Waals surface area contributed by atoms with E-state index >= 15 is 0 Å². The zero-order valence-corrected chi connectivity index (χ0v) is 17.7. The number of nitrogens with one attached hydrogen (secondary N) is 1. The van der Waals surface area contributed by atoms with Gasteiger partial charge in [0, 0.05) is 18.1 Å². The molecule has 1 fully saturated rings. The maximum absolute atomic E-state index is 13.2. The van der Waals surface area contributed by atoms with E-state index in [2.05, 4.69) is 61.5 Å². The molecule has 0 radical (unpaired) electrons. The molecule has 1 aromatic heterocycles. The summed E-state index contributed by atoms with van der Waals surface area (Å²) < 4.78 is 13.2. The number of benzene rings is 1. The highest BCUT2D eigenvalue weighted by molar-refractivity contribution is 5.79. The molecule has 1 aliphatic carbocycles. The third kappa shape index (κ3) is 4.48. The van der Waals surface area contributed by atoms with Gasteiger partial charge in [0.05, 0.1) is 5.92 Å². The number of amidine groups is 1. The standard InChI is InChI=1S/C25H30FN3/c1-4-25(2,3)14-20-16-28-24(29-20)22-7-5-6-21(22)17-8-10-18(11-9-17)23-13-12-19(26)15-27-23/h8-13,15-16,21-22H,4-7,14H2,1-3H3,(H,28,29)/p+2/t21-,22-/m1/s1. The number of aromatic nitrogens is 1. The van der Waals surface area contributed by atoms with Crippen LogP contribution in [-0.4, -0.2) is 5.84 Å². The van der Waals surface area contributed by atoms with Crippen molar-refractivity contribution in [3.05, 3.63) is 65.9 Å². The van der Waals surface area contributed by atoms with Crippen molar-refractivity contribution >= 4 is 5.84 Å². The van der Waals surface area contributed by atoms with E-state index in [1.807, 2.05) is 0 Å². The van der Waals surface area contributed by atoms with Crippen LogP contribution < -0.4 is 10.3 Å². The van der Waals surface area contributed by atoms with Gasteiger partial charge in [-0.2, -0.15) is 4.99 Å². The highest BCUT2D eigenvalue weighted by Crippen LogP contribution is 2.41. The number of rotatable bonds is 6. The van der Waals surface area contributed by atoms with Crippen molar-refractivity contribution in [2.24, 2.45) is 16.3 Å². The maximum atomic E-state index is 13.2. The Balaban J connectivity index is 1.48. The molecule has 0 bridgehead atoms. The van der Waals surface area contributed by atoms with Crippen LogP contribution in [0.25, 0.3) is 11.3 Å². The molecule has 2 aliphatic rings. The van der Waals surface area contributed by atoms with E-state index in [0.29, 0.717) is 17.3 Å². The molecule has 0 saturated heterocycles. The van der Waals surface area contributed by atoms with Crippen molar-refractivity contribution in [1.29, 1.82) is 0 Å². The molecule has 2 atom stereocenters. The number of hydrogen-bond donors (Lipinski definition) is 1. The first kappa shape index (κ1) is 20.0. The van der Waals surface area contributed by atoms with Crippen LogP contribution in [-0.2, 0) is 0 Å². The molecule has 1 saturated carbocycles. The normalized spacial score (nSPS) is 21.9. The summed E-state index contributed by atoms with van der Waals surface area (Å²) in [7, 11) is 0. The molecule has 2 aromatic rings. The van der Waals surface area contributed by atoms with Crippen molar-refractivity contribution < 1.29 is 14.7 Å². The molecule has 1 aromatic carbocycles. The van der Waals surface area contributed by atoms with Gasteiger partial charge >= 0.3 is 0 Å². The van der Waals surface area contributed by atoms with Gasteiger partial charge < -0.3 is 0 Å². The summed E-state index contributed by atoms with van der Waals surface area (Å²) in [5.41, 5.74) is 4.94. The lowest BCUT2D eigenvalue weighted by atomic mass is 9.85. The van der Waals surface area contributed by atoms with E-state index in [-0.39, 0.29) is 5.82 Å². The van der Waals surface area contributed by atoms with Gasteiger partial charge in [0.25, 0.3) is 0 Å². The fraction of sp³-hybridized carbons (Fsp3) is 0.440. The van der Waals surface area contributed by atoms with E-state index < -0.39 is 0 Å². The molecule has 152 valence electrons. The predicted molar refractivity (Wildman–Crippen MR) is 115 cm³/mol. The second-order valence-corrected chi connectivity index (χ2v) is 9.24. The Labute approximate surface area is 173 Å². The van der Waals surface area contributed by atoms with Gasteiger partial charge in [0.15, 0.2) is 5.82 Å². The Morgan fingerprint density at radius 1 is 1.10 bits per heavy atom. The predicted octanol–water partition coefficient (Wildman–Crippen LogP) is 4.83. The number of pyridine rings is 1. The summed E-state index contributed by atoms with van der Waals surface area (Å²) in [6.07, 6.45) is 9.53. The summed E-state index contributed by atoms with van der Waals surface area (Å²) >= 11 is 0. The molecule has 2 heterocycles. The summed E-state index contributed by atoms with van der Waals surface area (Å²) in [5, 5.41) is 2.26. The Morgan fingerprint density at radius 3 is 2.55 bits per heavy atom. The Kier molecular flexibility index (Phi) is 5.64. The largest absolute Gasteiger partial charge is 0.273 e. The van der Waals surface area contributed by atoms with Crippen LogP contribution in [0.4, 0.5) is 4.39 Å². The molecule has 4 heteroatoms. The second kappa shape index (κ2) is 8.19.